The van der Waals surface area contributed by atoms with Gasteiger partial charge in [0.1, 0.15) is 11.6 Å². The zero-order valence-electron chi connectivity index (χ0n) is 13.8. The zero-order chi connectivity index (χ0) is 17.2. The zero-order valence-corrected chi connectivity index (χ0v) is 13.8. The van der Waals surface area contributed by atoms with E-state index in [4.69, 9.17) is 4.74 Å². The van der Waals surface area contributed by atoms with E-state index in [9.17, 15) is 9.18 Å². The van der Waals surface area contributed by atoms with Gasteiger partial charge in [-0.05, 0) is 35.7 Å². The maximum absolute atomic E-state index is 13.4. The van der Waals surface area contributed by atoms with E-state index in [1.807, 2.05) is 24.3 Å². The number of methoxy groups -OCH3 is 1. The molecule has 2 N–H and O–H groups in total. The minimum atomic E-state index is -0.229. The van der Waals surface area contributed by atoms with Crippen LogP contribution in [0.3, 0.4) is 0 Å². The summed E-state index contributed by atoms with van der Waals surface area (Å²) in [5.41, 5.74) is 1.76. The molecule has 0 aromatic heterocycles. The van der Waals surface area contributed by atoms with Crippen LogP contribution in [0.4, 0.5) is 4.39 Å². The lowest BCUT2D eigenvalue weighted by Gasteiger charge is -2.08. The first-order valence-corrected chi connectivity index (χ1v) is 8.03. The Kier molecular flexibility index (Phi) is 7.23. The van der Waals surface area contributed by atoms with Gasteiger partial charge in [-0.2, -0.15) is 0 Å². The predicted octanol–water partition coefficient (Wildman–Crippen LogP) is 2.67. The first kappa shape index (κ1) is 17.9. The van der Waals surface area contributed by atoms with E-state index in [0.29, 0.717) is 38.0 Å². The first-order valence-electron chi connectivity index (χ1n) is 8.03. The van der Waals surface area contributed by atoms with Crippen molar-refractivity contribution in [2.45, 2.75) is 19.4 Å². The number of rotatable bonds is 9. The van der Waals surface area contributed by atoms with Crippen LogP contribution in [0.15, 0.2) is 48.5 Å². The molecule has 0 heterocycles. The summed E-state index contributed by atoms with van der Waals surface area (Å²) in [6.07, 6.45) is 0.894. The predicted molar refractivity (Wildman–Crippen MR) is 92.4 cm³/mol. The summed E-state index contributed by atoms with van der Waals surface area (Å²) < 4.78 is 18.5. The van der Waals surface area contributed by atoms with Crippen LogP contribution in [0.1, 0.15) is 17.5 Å². The third kappa shape index (κ3) is 6.01. The Morgan fingerprint density at radius 3 is 2.54 bits per heavy atom. The molecule has 0 spiro atoms. The summed E-state index contributed by atoms with van der Waals surface area (Å²) in [6, 6.07) is 14.4. The van der Waals surface area contributed by atoms with Gasteiger partial charge in [0, 0.05) is 26.1 Å². The molecule has 0 saturated heterocycles. The number of carbonyl (C=O) groups is 1. The van der Waals surface area contributed by atoms with E-state index in [0.717, 1.165) is 11.3 Å². The minimum Gasteiger partial charge on any atom is -0.497 e. The average molecular weight is 330 g/mol. The molecule has 0 aliphatic carbocycles. The van der Waals surface area contributed by atoms with Gasteiger partial charge in [0.25, 0.3) is 0 Å². The van der Waals surface area contributed by atoms with E-state index in [1.54, 1.807) is 25.3 Å². The molecule has 2 aromatic rings. The Balaban J connectivity index is 1.58. The second-order valence-corrected chi connectivity index (χ2v) is 5.47. The van der Waals surface area contributed by atoms with Gasteiger partial charge in [0.05, 0.1) is 7.11 Å². The van der Waals surface area contributed by atoms with Crippen LogP contribution in [0.25, 0.3) is 0 Å². The molecule has 1 amide bonds. The molecule has 0 bridgehead atoms. The van der Waals surface area contributed by atoms with Gasteiger partial charge in [-0.3, -0.25) is 4.79 Å². The molecule has 0 fully saturated rings. The number of hydrogen-bond acceptors (Lipinski definition) is 3. The summed E-state index contributed by atoms with van der Waals surface area (Å²) in [4.78, 5) is 11.8. The number of nitrogens with one attached hydrogen (secondary N) is 2. The second-order valence-electron chi connectivity index (χ2n) is 5.47. The fraction of sp³-hybridized carbons (Fsp3) is 0.316. The van der Waals surface area contributed by atoms with E-state index in [2.05, 4.69) is 10.6 Å². The number of hydrogen-bond donors (Lipinski definition) is 2. The lowest BCUT2D eigenvalue weighted by molar-refractivity contribution is -0.120. The van der Waals surface area contributed by atoms with Crippen molar-refractivity contribution >= 4 is 5.91 Å². The van der Waals surface area contributed by atoms with Gasteiger partial charge in [-0.1, -0.05) is 30.3 Å². The topological polar surface area (TPSA) is 50.4 Å². The summed E-state index contributed by atoms with van der Waals surface area (Å²) in [7, 11) is 1.64. The molecule has 4 nitrogen and oxygen atoms in total. The van der Waals surface area contributed by atoms with Crippen LogP contribution < -0.4 is 15.4 Å². The van der Waals surface area contributed by atoms with E-state index in [1.165, 1.54) is 6.07 Å². The molecule has 128 valence electrons. The van der Waals surface area contributed by atoms with Crippen LogP contribution in [-0.4, -0.2) is 26.1 Å². The largest absolute Gasteiger partial charge is 0.497 e. The number of ether oxygens (including phenoxy) is 1. The summed E-state index contributed by atoms with van der Waals surface area (Å²) >= 11 is 0. The molecular formula is C19H23FN2O2. The highest BCUT2D eigenvalue weighted by molar-refractivity contribution is 5.76. The number of carbonyl (C=O) groups excluding carboxylic acids is 1. The van der Waals surface area contributed by atoms with Gasteiger partial charge in [-0.25, -0.2) is 4.39 Å². The first-order chi connectivity index (χ1) is 11.7. The van der Waals surface area contributed by atoms with Crippen molar-refractivity contribution in [3.05, 3.63) is 65.5 Å². The quantitative estimate of drug-likeness (QED) is 0.695. The monoisotopic (exact) mass is 330 g/mol. The van der Waals surface area contributed by atoms with Crippen LogP contribution in [0.2, 0.25) is 0 Å². The molecule has 2 rings (SSSR count). The average Bonchev–Trinajstić information content (AvgIpc) is 2.61. The summed E-state index contributed by atoms with van der Waals surface area (Å²) in [6.45, 7) is 1.74. The van der Waals surface area contributed by atoms with Gasteiger partial charge >= 0.3 is 0 Å². The molecule has 2 aromatic carbocycles. The van der Waals surface area contributed by atoms with Gasteiger partial charge < -0.3 is 15.4 Å². The molecule has 5 heteroatoms. The lowest BCUT2D eigenvalue weighted by atomic mass is 10.1. The Labute approximate surface area is 142 Å². The molecule has 0 saturated carbocycles. The van der Waals surface area contributed by atoms with E-state index >= 15 is 0 Å². The molecule has 0 atom stereocenters. The molecule has 0 aliphatic heterocycles. The Bertz CT molecular complexity index is 644. The maximum atomic E-state index is 13.4. The molecule has 0 radical (unpaired) electrons. The third-order valence-corrected chi connectivity index (χ3v) is 3.69. The normalized spacial score (nSPS) is 10.4. The van der Waals surface area contributed by atoms with Gasteiger partial charge in [0.15, 0.2) is 0 Å². The van der Waals surface area contributed by atoms with Crippen LogP contribution >= 0.6 is 0 Å². The summed E-state index contributed by atoms with van der Waals surface area (Å²) in [5.74, 6) is 0.564. The Morgan fingerprint density at radius 2 is 1.83 bits per heavy atom. The van der Waals surface area contributed by atoms with Crippen molar-refractivity contribution in [3.8, 4) is 5.75 Å². The number of amides is 1. The molecule has 0 unspecified atom stereocenters. The second kappa shape index (κ2) is 9.67. The van der Waals surface area contributed by atoms with Crippen molar-refractivity contribution in [1.82, 2.24) is 10.6 Å². The van der Waals surface area contributed by atoms with Gasteiger partial charge in [-0.15, -0.1) is 0 Å². The molecule has 0 aliphatic rings. The Morgan fingerprint density at radius 1 is 1.08 bits per heavy atom. The number of benzene rings is 2. The van der Waals surface area contributed by atoms with Crippen molar-refractivity contribution in [3.63, 3.8) is 0 Å². The smallest absolute Gasteiger partial charge is 0.221 e. The van der Waals surface area contributed by atoms with E-state index < -0.39 is 0 Å². The standard InChI is InChI=1S/C19H23FN2O2/c1-24-17-8-6-15(7-9-17)14-21-12-11-19(23)22-13-10-16-4-2-3-5-18(16)20/h2-9,21H,10-14H2,1H3,(H,22,23). The molecule has 24 heavy (non-hydrogen) atoms. The molecular weight excluding hydrogens is 307 g/mol. The van der Waals surface area contributed by atoms with Crippen molar-refractivity contribution in [2.75, 3.05) is 20.2 Å². The SMILES string of the molecule is COc1ccc(CNCCC(=O)NCCc2ccccc2F)cc1. The van der Waals surface area contributed by atoms with Crippen molar-refractivity contribution in [2.24, 2.45) is 0 Å². The maximum Gasteiger partial charge on any atom is 0.221 e. The van der Waals surface area contributed by atoms with Crippen LogP contribution in [0, 0.1) is 5.82 Å². The van der Waals surface area contributed by atoms with E-state index in [-0.39, 0.29) is 11.7 Å². The van der Waals surface area contributed by atoms with Crippen LogP contribution in [-0.2, 0) is 17.8 Å². The van der Waals surface area contributed by atoms with Gasteiger partial charge in [0.2, 0.25) is 5.91 Å². The highest BCUT2D eigenvalue weighted by atomic mass is 19.1. The van der Waals surface area contributed by atoms with Crippen molar-refractivity contribution in [1.29, 1.82) is 0 Å². The highest BCUT2D eigenvalue weighted by Gasteiger charge is 2.03. The Hall–Kier alpha value is -2.40. The third-order valence-electron chi connectivity index (χ3n) is 3.69. The fourth-order valence-electron chi connectivity index (χ4n) is 2.30. The van der Waals surface area contributed by atoms with Crippen molar-refractivity contribution < 1.29 is 13.9 Å². The number of halogens is 1. The lowest BCUT2D eigenvalue weighted by Crippen LogP contribution is -2.29. The summed E-state index contributed by atoms with van der Waals surface area (Å²) in [5, 5.41) is 6.04. The highest BCUT2D eigenvalue weighted by Crippen LogP contribution is 2.10. The fourth-order valence-corrected chi connectivity index (χ4v) is 2.30. The van der Waals surface area contributed by atoms with Crippen LogP contribution in [0.5, 0.6) is 5.75 Å². The minimum absolute atomic E-state index is 0.0337.